The van der Waals surface area contributed by atoms with Crippen molar-refractivity contribution in [1.29, 1.82) is 0 Å². The molecule has 75 heavy (non-hydrogen) atoms. The molecule has 0 heterocycles. The van der Waals surface area contributed by atoms with E-state index in [-0.39, 0.29) is 0 Å². The Morgan fingerprint density at radius 1 is 0.253 bits per heavy atom. The minimum Gasteiger partial charge on any atom is -0.310 e. The normalized spacial score (nSPS) is 18.6. The highest BCUT2D eigenvalue weighted by atomic mass is 15.2. The van der Waals surface area contributed by atoms with Crippen LogP contribution in [0.15, 0.2) is 182 Å². The van der Waals surface area contributed by atoms with Gasteiger partial charge in [0, 0.05) is 34.1 Å². The SMILES string of the molecule is c1ccc2c(c1)-c1ccccc1C21c2cc(N(c3ccccc3C3CCCCC3)c3ccccc3C3CCCCC3)ccc2-c2ccc(N(c3ccccc3C3CCCCC3)c3ccccc3C3CCCCC3)cc21. The zero-order chi connectivity index (χ0) is 49.7. The third-order valence-electron chi connectivity index (χ3n) is 19.5. The van der Waals surface area contributed by atoms with Gasteiger partial charge in [0.1, 0.15) is 0 Å². The number of para-hydroxylation sites is 4. The largest absolute Gasteiger partial charge is 0.310 e. The van der Waals surface area contributed by atoms with Crippen molar-refractivity contribution in [1.82, 2.24) is 0 Å². The Morgan fingerprint density at radius 2 is 0.520 bits per heavy atom. The van der Waals surface area contributed by atoms with Crippen molar-refractivity contribution in [2.24, 2.45) is 0 Å². The van der Waals surface area contributed by atoms with Crippen molar-refractivity contribution in [3.8, 4) is 22.3 Å². The summed E-state index contributed by atoms with van der Waals surface area (Å²) in [5.41, 5.74) is 24.5. The summed E-state index contributed by atoms with van der Waals surface area (Å²) >= 11 is 0. The molecule has 376 valence electrons. The van der Waals surface area contributed by atoms with E-state index in [9.17, 15) is 0 Å². The molecule has 4 fully saturated rings. The first kappa shape index (κ1) is 46.9. The van der Waals surface area contributed by atoms with E-state index in [1.807, 2.05) is 0 Å². The van der Waals surface area contributed by atoms with Crippen LogP contribution in [-0.4, -0.2) is 0 Å². The van der Waals surface area contributed by atoms with Gasteiger partial charge in [-0.25, -0.2) is 0 Å². The van der Waals surface area contributed by atoms with Gasteiger partial charge in [-0.2, -0.15) is 0 Å². The van der Waals surface area contributed by atoms with Crippen LogP contribution in [0.5, 0.6) is 0 Å². The van der Waals surface area contributed by atoms with Gasteiger partial charge in [-0.3, -0.25) is 0 Å². The molecular weight excluding hydrogens is 905 g/mol. The van der Waals surface area contributed by atoms with Gasteiger partial charge in [0.15, 0.2) is 0 Å². The van der Waals surface area contributed by atoms with Gasteiger partial charge in [-0.05, 0) is 190 Å². The molecular formula is C73H74N2. The molecule has 2 heteroatoms. The fourth-order valence-electron chi connectivity index (χ4n) is 16.0. The second-order valence-electron chi connectivity index (χ2n) is 23.5. The van der Waals surface area contributed by atoms with Gasteiger partial charge >= 0.3 is 0 Å². The van der Waals surface area contributed by atoms with E-state index in [1.54, 1.807) is 0 Å². The fraction of sp³-hybridized carbons (Fsp3) is 0.342. The number of benzene rings is 8. The van der Waals surface area contributed by atoms with E-state index in [0.29, 0.717) is 23.7 Å². The lowest BCUT2D eigenvalue weighted by Gasteiger charge is -2.36. The minimum absolute atomic E-state index is 0.529. The minimum atomic E-state index is -0.529. The topological polar surface area (TPSA) is 6.48 Å². The number of hydrogen-bond donors (Lipinski definition) is 0. The Bertz CT molecular complexity index is 3010. The summed E-state index contributed by atoms with van der Waals surface area (Å²) in [7, 11) is 0. The van der Waals surface area contributed by atoms with Crippen molar-refractivity contribution in [3.05, 3.63) is 226 Å². The predicted octanol–water partition coefficient (Wildman–Crippen LogP) is 21.2. The van der Waals surface area contributed by atoms with Crippen LogP contribution in [0.2, 0.25) is 0 Å². The molecule has 6 aliphatic carbocycles. The van der Waals surface area contributed by atoms with Crippen LogP contribution >= 0.6 is 0 Å². The number of hydrogen-bond acceptors (Lipinski definition) is 2. The maximum absolute atomic E-state index is 2.73. The molecule has 0 bridgehead atoms. The van der Waals surface area contributed by atoms with Gasteiger partial charge in [0.25, 0.3) is 0 Å². The predicted molar refractivity (Wildman–Crippen MR) is 315 cm³/mol. The van der Waals surface area contributed by atoms with Gasteiger partial charge < -0.3 is 9.80 Å². The Labute approximate surface area is 447 Å². The molecule has 8 aromatic carbocycles. The first-order valence-corrected chi connectivity index (χ1v) is 29.7. The fourth-order valence-corrected chi connectivity index (χ4v) is 16.0. The quantitative estimate of drug-likeness (QED) is 0.135. The molecule has 0 aliphatic heterocycles. The summed E-state index contributed by atoms with van der Waals surface area (Å²) in [5.74, 6) is 2.24. The zero-order valence-corrected chi connectivity index (χ0v) is 44.2. The molecule has 8 aromatic rings. The van der Waals surface area contributed by atoms with Crippen LogP contribution in [0.1, 0.15) is 197 Å². The molecule has 0 saturated heterocycles. The van der Waals surface area contributed by atoms with Crippen LogP contribution in [0.4, 0.5) is 34.1 Å². The molecule has 4 saturated carbocycles. The molecule has 0 radical (unpaired) electrons. The van der Waals surface area contributed by atoms with Crippen molar-refractivity contribution in [3.63, 3.8) is 0 Å². The maximum atomic E-state index is 2.73. The highest BCUT2D eigenvalue weighted by Gasteiger charge is 2.52. The Kier molecular flexibility index (Phi) is 12.6. The Balaban J connectivity index is 1.01. The second kappa shape index (κ2) is 20.1. The number of anilines is 6. The van der Waals surface area contributed by atoms with Crippen LogP contribution in [0.25, 0.3) is 22.3 Å². The molecule has 1 spiro atoms. The molecule has 2 nitrogen and oxygen atoms in total. The van der Waals surface area contributed by atoms with Crippen LogP contribution in [0, 0.1) is 0 Å². The molecule has 0 amide bonds. The van der Waals surface area contributed by atoms with E-state index >= 15 is 0 Å². The third-order valence-corrected chi connectivity index (χ3v) is 19.5. The number of nitrogens with zero attached hydrogens (tertiary/aromatic N) is 2. The molecule has 6 aliphatic rings. The summed E-state index contributed by atoms with van der Waals surface area (Å²) in [6, 6.07) is 72.4. The first-order chi connectivity index (χ1) is 37.3. The molecule has 14 rings (SSSR count). The van der Waals surface area contributed by atoms with Crippen molar-refractivity contribution >= 4 is 34.1 Å². The van der Waals surface area contributed by atoms with Crippen molar-refractivity contribution < 1.29 is 0 Å². The molecule has 0 aromatic heterocycles. The average Bonchev–Trinajstić information content (AvgIpc) is 4.09. The lowest BCUT2D eigenvalue weighted by Crippen LogP contribution is -2.27. The summed E-state index contributed by atoms with van der Waals surface area (Å²) in [4.78, 5) is 5.46. The van der Waals surface area contributed by atoms with Crippen molar-refractivity contribution in [2.75, 3.05) is 9.80 Å². The maximum Gasteiger partial charge on any atom is 0.0727 e. The summed E-state index contributed by atoms with van der Waals surface area (Å²) in [6.07, 6.45) is 26.0. The second-order valence-corrected chi connectivity index (χ2v) is 23.5. The Morgan fingerprint density at radius 3 is 0.840 bits per heavy atom. The standard InChI is InChI=1S/C73H74N2/c1-5-25-51(26-6-1)57-33-15-21-41-69(57)74(70-42-22-16-34-58(70)52-27-7-2-8-28-52)55-45-47-63-64-48-46-56(50-68(64)73(67(63)49-55)65-39-19-13-37-61(65)62-38-14-20-40-66(62)73)75(71-43-23-17-35-59(71)53-29-9-3-10-30-53)72-44-24-18-36-60(72)54-31-11-4-12-32-54/h13-24,33-54H,1-12,25-32H2. The Hall–Kier alpha value is -6.64. The van der Waals surface area contributed by atoms with Gasteiger partial charge in [-0.15, -0.1) is 0 Å². The zero-order valence-electron chi connectivity index (χ0n) is 44.2. The van der Waals surface area contributed by atoms with E-state index in [2.05, 4.69) is 192 Å². The molecule has 0 atom stereocenters. The van der Waals surface area contributed by atoms with Gasteiger partial charge in [0.2, 0.25) is 0 Å². The average molecular weight is 979 g/mol. The molecule has 0 unspecified atom stereocenters. The van der Waals surface area contributed by atoms with E-state index < -0.39 is 5.41 Å². The highest BCUT2D eigenvalue weighted by molar-refractivity contribution is 5.98. The van der Waals surface area contributed by atoms with Crippen LogP contribution in [-0.2, 0) is 5.41 Å². The summed E-state index contributed by atoms with van der Waals surface area (Å²) < 4.78 is 0. The van der Waals surface area contributed by atoms with Crippen molar-refractivity contribution in [2.45, 2.75) is 158 Å². The smallest absolute Gasteiger partial charge is 0.0727 e. The van der Waals surface area contributed by atoms with E-state index in [0.717, 1.165) is 0 Å². The van der Waals surface area contributed by atoms with E-state index in [1.165, 1.54) is 229 Å². The van der Waals surface area contributed by atoms with Gasteiger partial charge in [0.05, 0.1) is 5.41 Å². The number of fused-ring (bicyclic) bond motifs is 10. The highest BCUT2D eigenvalue weighted by Crippen LogP contribution is 2.65. The molecule has 0 N–H and O–H groups in total. The third kappa shape index (κ3) is 8.03. The summed E-state index contributed by atoms with van der Waals surface area (Å²) in [5, 5.41) is 0. The summed E-state index contributed by atoms with van der Waals surface area (Å²) in [6.45, 7) is 0. The lowest BCUT2D eigenvalue weighted by molar-refractivity contribution is 0.443. The number of rotatable bonds is 10. The first-order valence-electron chi connectivity index (χ1n) is 29.7. The monoisotopic (exact) mass is 979 g/mol. The lowest BCUT2D eigenvalue weighted by atomic mass is 9.70. The van der Waals surface area contributed by atoms with Crippen LogP contribution in [0.3, 0.4) is 0 Å². The van der Waals surface area contributed by atoms with Crippen LogP contribution < -0.4 is 9.80 Å². The van der Waals surface area contributed by atoms with E-state index in [4.69, 9.17) is 0 Å². The van der Waals surface area contributed by atoms with Gasteiger partial charge in [-0.1, -0.05) is 211 Å².